The Morgan fingerprint density at radius 2 is 2.10 bits per heavy atom. The largest absolute Gasteiger partial charge is 0.478 e. The summed E-state index contributed by atoms with van der Waals surface area (Å²) in [5, 5.41) is 8.91. The molecule has 0 bridgehead atoms. The molecule has 8 heteroatoms. The van der Waals surface area contributed by atoms with Gasteiger partial charge in [-0.15, -0.1) is 0 Å². The molecule has 1 aliphatic carbocycles. The molecule has 0 aliphatic heterocycles. The van der Waals surface area contributed by atoms with Gasteiger partial charge in [-0.1, -0.05) is 15.9 Å². The summed E-state index contributed by atoms with van der Waals surface area (Å²) < 4.78 is 40.0. The fraction of sp³-hybridized carbons (Fsp3) is 0.417. The Balaban J connectivity index is 2.47. The Bertz CT molecular complexity index is 658. The molecule has 0 spiro atoms. The lowest BCUT2D eigenvalue weighted by Gasteiger charge is -2.18. The summed E-state index contributed by atoms with van der Waals surface area (Å²) in [4.78, 5) is 10.3. The highest BCUT2D eigenvalue weighted by Gasteiger charge is 2.32. The van der Waals surface area contributed by atoms with Gasteiger partial charge in [-0.3, -0.25) is 0 Å². The van der Waals surface area contributed by atoms with Crippen molar-refractivity contribution in [2.45, 2.75) is 17.7 Å². The molecule has 0 aromatic heterocycles. The third-order valence-electron chi connectivity index (χ3n) is 3.13. The first kappa shape index (κ1) is 15.4. The molecule has 0 radical (unpaired) electrons. The molecule has 1 aliphatic rings. The minimum Gasteiger partial charge on any atom is -0.478 e. The van der Waals surface area contributed by atoms with E-state index in [2.05, 4.69) is 15.9 Å². The molecule has 20 heavy (non-hydrogen) atoms. The normalized spacial score (nSPS) is 15.6. The van der Waals surface area contributed by atoms with Crippen molar-refractivity contribution in [3.05, 3.63) is 28.0 Å². The Morgan fingerprint density at radius 1 is 1.50 bits per heavy atom. The molecule has 0 unspecified atom stereocenters. The number of aromatic carboxylic acids is 1. The van der Waals surface area contributed by atoms with Gasteiger partial charge in [-0.2, -0.15) is 0 Å². The molecule has 1 fully saturated rings. The standard InChI is InChI=1S/C12H13BrFNO4S/c1-15(6-7-2-3-7)20(18,19)10-5-8(13)4-9(11(10)14)12(16)17/h4-5,7H,2-3,6H2,1H3,(H,16,17). The molecule has 0 heterocycles. The SMILES string of the molecule is CN(CC1CC1)S(=O)(=O)c1cc(Br)cc(C(=O)O)c1F. The third-order valence-corrected chi connectivity index (χ3v) is 5.42. The lowest BCUT2D eigenvalue weighted by atomic mass is 10.2. The zero-order valence-electron chi connectivity index (χ0n) is 10.6. The summed E-state index contributed by atoms with van der Waals surface area (Å²) in [6.07, 6.45) is 1.92. The second-order valence-corrected chi connectivity index (χ2v) is 7.73. The summed E-state index contributed by atoms with van der Waals surface area (Å²) >= 11 is 3.01. The maximum atomic E-state index is 14.1. The van der Waals surface area contributed by atoms with Gasteiger partial charge in [0, 0.05) is 18.1 Å². The number of halogens is 2. The van der Waals surface area contributed by atoms with Crippen molar-refractivity contribution in [2.24, 2.45) is 5.92 Å². The van der Waals surface area contributed by atoms with Crippen LogP contribution in [-0.2, 0) is 10.0 Å². The average Bonchev–Trinajstić information content (AvgIpc) is 3.14. The van der Waals surface area contributed by atoms with Gasteiger partial charge in [0.25, 0.3) is 0 Å². The van der Waals surface area contributed by atoms with E-state index in [0.29, 0.717) is 12.5 Å². The maximum Gasteiger partial charge on any atom is 0.338 e. The fourth-order valence-corrected chi connectivity index (χ4v) is 3.80. The predicted molar refractivity (Wildman–Crippen MR) is 73.6 cm³/mol. The molecular weight excluding hydrogens is 353 g/mol. The predicted octanol–water partition coefficient (Wildman–Crippen LogP) is 2.32. The lowest BCUT2D eigenvalue weighted by Crippen LogP contribution is -2.30. The minimum absolute atomic E-state index is 0.203. The van der Waals surface area contributed by atoms with Crippen LogP contribution in [0.2, 0.25) is 0 Å². The van der Waals surface area contributed by atoms with E-state index in [4.69, 9.17) is 5.11 Å². The lowest BCUT2D eigenvalue weighted by molar-refractivity contribution is 0.0691. The van der Waals surface area contributed by atoms with E-state index >= 15 is 0 Å². The van der Waals surface area contributed by atoms with Crippen LogP contribution < -0.4 is 0 Å². The number of sulfonamides is 1. The molecule has 0 amide bonds. The van der Waals surface area contributed by atoms with Crippen molar-refractivity contribution in [2.75, 3.05) is 13.6 Å². The summed E-state index contributed by atoms with van der Waals surface area (Å²) in [5.41, 5.74) is -0.669. The first-order chi connectivity index (χ1) is 9.23. The van der Waals surface area contributed by atoms with Gasteiger partial charge in [-0.25, -0.2) is 21.9 Å². The van der Waals surface area contributed by atoms with Crippen LogP contribution in [0.15, 0.2) is 21.5 Å². The molecule has 0 saturated heterocycles. The second kappa shape index (κ2) is 5.42. The Labute approximate surface area is 124 Å². The van der Waals surface area contributed by atoms with Gasteiger partial charge in [0.15, 0.2) is 5.82 Å². The zero-order valence-corrected chi connectivity index (χ0v) is 13.0. The van der Waals surface area contributed by atoms with Crippen LogP contribution in [0.4, 0.5) is 4.39 Å². The van der Waals surface area contributed by atoms with Crippen molar-refractivity contribution in [1.29, 1.82) is 0 Å². The highest BCUT2D eigenvalue weighted by molar-refractivity contribution is 9.10. The van der Waals surface area contributed by atoms with Gasteiger partial charge in [0.2, 0.25) is 10.0 Å². The van der Waals surface area contributed by atoms with Gasteiger partial charge in [-0.05, 0) is 30.9 Å². The van der Waals surface area contributed by atoms with Gasteiger partial charge >= 0.3 is 5.97 Å². The fourth-order valence-electron chi connectivity index (χ4n) is 1.84. The van der Waals surface area contributed by atoms with Crippen molar-refractivity contribution >= 4 is 31.9 Å². The Morgan fingerprint density at radius 3 is 2.60 bits per heavy atom. The quantitative estimate of drug-likeness (QED) is 0.868. The molecule has 110 valence electrons. The Hall–Kier alpha value is -0.990. The third kappa shape index (κ3) is 3.02. The van der Waals surface area contributed by atoms with Crippen LogP contribution in [-0.4, -0.2) is 37.4 Å². The number of nitrogens with zero attached hydrogens (tertiary/aromatic N) is 1. The van der Waals surface area contributed by atoms with Gasteiger partial charge in [0.1, 0.15) is 4.90 Å². The highest BCUT2D eigenvalue weighted by Crippen LogP contribution is 2.32. The monoisotopic (exact) mass is 365 g/mol. The molecule has 1 N–H and O–H groups in total. The van der Waals surface area contributed by atoms with Crippen molar-refractivity contribution in [3.63, 3.8) is 0 Å². The minimum atomic E-state index is -4.04. The molecule has 0 atom stereocenters. The van der Waals surface area contributed by atoms with E-state index in [-0.39, 0.29) is 4.47 Å². The number of hydrogen-bond acceptors (Lipinski definition) is 3. The van der Waals surface area contributed by atoms with Crippen LogP contribution in [0.5, 0.6) is 0 Å². The van der Waals surface area contributed by atoms with E-state index in [1.807, 2.05) is 0 Å². The topological polar surface area (TPSA) is 74.7 Å². The highest BCUT2D eigenvalue weighted by atomic mass is 79.9. The smallest absolute Gasteiger partial charge is 0.338 e. The number of hydrogen-bond donors (Lipinski definition) is 1. The molecule has 5 nitrogen and oxygen atoms in total. The average molecular weight is 366 g/mol. The molecule has 1 aromatic rings. The first-order valence-electron chi connectivity index (χ1n) is 5.92. The Kier molecular flexibility index (Phi) is 4.17. The molecular formula is C12H13BrFNO4S. The van der Waals surface area contributed by atoms with E-state index in [1.54, 1.807) is 0 Å². The molecule has 1 saturated carbocycles. The summed E-state index contributed by atoms with van der Waals surface area (Å²) in [5.74, 6) is -2.43. The van der Waals surface area contributed by atoms with E-state index in [9.17, 15) is 17.6 Å². The van der Waals surface area contributed by atoms with Crippen LogP contribution >= 0.6 is 15.9 Å². The van der Waals surface area contributed by atoms with Crippen molar-refractivity contribution in [1.82, 2.24) is 4.31 Å². The van der Waals surface area contributed by atoms with Gasteiger partial charge < -0.3 is 5.11 Å². The van der Waals surface area contributed by atoms with Crippen LogP contribution in [0.1, 0.15) is 23.2 Å². The first-order valence-corrected chi connectivity index (χ1v) is 8.15. The number of carbonyl (C=O) groups is 1. The molecule has 1 aromatic carbocycles. The number of benzene rings is 1. The van der Waals surface area contributed by atoms with Crippen LogP contribution in [0.25, 0.3) is 0 Å². The summed E-state index contributed by atoms with van der Waals surface area (Å²) in [7, 11) is -2.67. The van der Waals surface area contributed by atoms with E-state index < -0.39 is 32.3 Å². The van der Waals surface area contributed by atoms with Crippen molar-refractivity contribution < 1.29 is 22.7 Å². The zero-order chi connectivity index (χ0) is 15.1. The van der Waals surface area contributed by atoms with Gasteiger partial charge in [0.05, 0.1) is 5.56 Å². The number of rotatable bonds is 5. The maximum absolute atomic E-state index is 14.1. The van der Waals surface area contributed by atoms with Crippen LogP contribution in [0.3, 0.4) is 0 Å². The van der Waals surface area contributed by atoms with E-state index in [1.165, 1.54) is 7.05 Å². The summed E-state index contributed by atoms with van der Waals surface area (Å²) in [6.45, 7) is 0.316. The second-order valence-electron chi connectivity index (χ2n) is 4.80. The molecule has 2 rings (SSSR count). The van der Waals surface area contributed by atoms with Crippen molar-refractivity contribution in [3.8, 4) is 0 Å². The van der Waals surface area contributed by atoms with Crippen LogP contribution in [0, 0.1) is 11.7 Å². The van der Waals surface area contributed by atoms with E-state index in [0.717, 1.165) is 29.3 Å². The number of carboxylic acid groups (broad SMARTS) is 1. The number of carboxylic acids is 1. The summed E-state index contributed by atoms with van der Waals surface area (Å²) in [6, 6.07) is 2.12.